The number of carbonyl (C=O) groups excluding carboxylic acids is 1. The van der Waals surface area contributed by atoms with Crippen molar-refractivity contribution in [2.24, 2.45) is 0 Å². The number of hydrogen-bond donors (Lipinski definition) is 1. The summed E-state index contributed by atoms with van der Waals surface area (Å²) in [5, 5.41) is 10.2. The molecule has 13 heavy (non-hydrogen) atoms. The van der Waals surface area contributed by atoms with Gasteiger partial charge in [0.2, 0.25) is 5.91 Å². The standard InChI is InChI=1S/C7H9F3N2O/c1-5(2-3-11)12-6(13)4-7(8,9)10/h5H,2,4H2,1H3,(H,12,13). The van der Waals surface area contributed by atoms with Gasteiger partial charge in [-0.25, -0.2) is 0 Å². The highest BCUT2D eigenvalue weighted by Crippen LogP contribution is 2.18. The van der Waals surface area contributed by atoms with E-state index in [4.69, 9.17) is 5.26 Å². The van der Waals surface area contributed by atoms with E-state index in [1.54, 1.807) is 6.07 Å². The first-order valence-electron chi connectivity index (χ1n) is 3.58. The normalized spacial score (nSPS) is 13.2. The third-order valence-corrected chi connectivity index (χ3v) is 1.17. The number of amides is 1. The van der Waals surface area contributed by atoms with E-state index in [0.717, 1.165) is 0 Å². The SMILES string of the molecule is CC(CC#N)NC(=O)CC(F)(F)F. The van der Waals surface area contributed by atoms with Gasteiger partial charge in [0.25, 0.3) is 0 Å². The maximum atomic E-state index is 11.6. The van der Waals surface area contributed by atoms with Crippen molar-refractivity contribution in [1.82, 2.24) is 5.32 Å². The van der Waals surface area contributed by atoms with Gasteiger partial charge in [0.15, 0.2) is 0 Å². The van der Waals surface area contributed by atoms with E-state index < -0.39 is 24.5 Å². The van der Waals surface area contributed by atoms with Crippen molar-refractivity contribution in [3.63, 3.8) is 0 Å². The number of nitrogens with one attached hydrogen (secondary N) is 1. The highest BCUT2D eigenvalue weighted by Gasteiger charge is 2.31. The predicted octanol–water partition coefficient (Wildman–Crippen LogP) is 1.36. The Morgan fingerprint density at radius 2 is 2.15 bits per heavy atom. The zero-order valence-corrected chi connectivity index (χ0v) is 6.98. The maximum Gasteiger partial charge on any atom is 0.397 e. The van der Waals surface area contributed by atoms with Crippen molar-refractivity contribution in [2.45, 2.75) is 32.0 Å². The number of alkyl halides is 3. The van der Waals surface area contributed by atoms with Gasteiger partial charge in [0.1, 0.15) is 6.42 Å². The van der Waals surface area contributed by atoms with Gasteiger partial charge >= 0.3 is 6.18 Å². The highest BCUT2D eigenvalue weighted by atomic mass is 19.4. The number of rotatable bonds is 3. The Labute approximate surface area is 73.5 Å². The molecule has 0 spiro atoms. The molecular weight excluding hydrogens is 185 g/mol. The quantitative estimate of drug-likeness (QED) is 0.737. The molecule has 0 saturated heterocycles. The van der Waals surface area contributed by atoms with Crippen molar-refractivity contribution in [3.8, 4) is 6.07 Å². The molecule has 0 rings (SSSR count). The molecule has 1 unspecified atom stereocenters. The lowest BCUT2D eigenvalue weighted by Crippen LogP contribution is -2.35. The number of nitriles is 1. The molecule has 0 bridgehead atoms. The fourth-order valence-electron chi connectivity index (χ4n) is 0.696. The fourth-order valence-corrected chi connectivity index (χ4v) is 0.696. The van der Waals surface area contributed by atoms with E-state index in [0.29, 0.717) is 0 Å². The fraction of sp³-hybridized carbons (Fsp3) is 0.714. The molecule has 0 aliphatic carbocycles. The molecule has 1 amide bonds. The molecule has 0 heterocycles. The lowest BCUT2D eigenvalue weighted by Gasteiger charge is -2.11. The van der Waals surface area contributed by atoms with Gasteiger partial charge in [0.05, 0.1) is 12.5 Å². The Kier molecular flexibility index (Phi) is 4.25. The van der Waals surface area contributed by atoms with Crippen LogP contribution in [0.15, 0.2) is 0 Å². The average Bonchev–Trinajstić information content (AvgIpc) is 1.81. The van der Waals surface area contributed by atoms with Gasteiger partial charge in [-0.1, -0.05) is 0 Å². The van der Waals surface area contributed by atoms with Gasteiger partial charge in [-0.15, -0.1) is 0 Å². The van der Waals surface area contributed by atoms with E-state index in [1.165, 1.54) is 6.92 Å². The minimum atomic E-state index is -4.49. The minimum absolute atomic E-state index is 0.00357. The first kappa shape index (κ1) is 11.8. The van der Waals surface area contributed by atoms with Crippen LogP contribution in [0.2, 0.25) is 0 Å². The molecule has 3 nitrogen and oxygen atoms in total. The van der Waals surface area contributed by atoms with Crippen LogP contribution in [0, 0.1) is 11.3 Å². The third-order valence-electron chi connectivity index (χ3n) is 1.17. The van der Waals surface area contributed by atoms with Crippen LogP contribution in [0.3, 0.4) is 0 Å². The Hall–Kier alpha value is -1.25. The summed E-state index contributed by atoms with van der Waals surface area (Å²) in [5.41, 5.74) is 0. The highest BCUT2D eigenvalue weighted by molar-refractivity contribution is 5.76. The molecular formula is C7H9F3N2O. The number of halogens is 3. The largest absolute Gasteiger partial charge is 0.397 e. The van der Waals surface area contributed by atoms with Crippen LogP contribution in [-0.2, 0) is 4.79 Å². The summed E-state index contributed by atoms with van der Waals surface area (Å²) in [6.45, 7) is 1.47. The molecule has 0 fully saturated rings. The summed E-state index contributed by atoms with van der Waals surface area (Å²) < 4.78 is 34.8. The Morgan fingerprint density at radius 3 is 2.54 bits per heavy atom. The summed E-state index contributed by atoms with van der Waals surface area (Å²) in [6.07, 6.45) is -5.98. The van der Waals surface area contributed by atoms with Gasteiger partial charge in [-0.05, 0) is 6.92 Å². The van der Waals surface area contributed by atoms with E-state index in [-0.39, 0.29) is 6.42 Å². The molecule has 1 N–H and O–H groups in total. The maximum absolute atomic E-state index is 11.6. The van der Waals surface area contributed by atoms with Gasteiger partial charge in [-0.2, -0.15) is 18.4 Å². The molecule has 74 valence electrons. The van der Waals surface area contributed by atoms with Crippen molar-refractivity contribution >= 4 is 5.91 Å². The summed E-state index contributed by atoms with van der Waals surface area (Å²) >= 11 is 0. The molecule has 0 aromatic carbocycles. The van der Waals surface area contributed by atoms with Crippen molar-refractivity contribution in [1.29, 1.82) is 5.26 Å². The second kappa shape index (κ2) is 4.70. The van der Waals surface area contributed by atoms with Crippen LogP contribution in [-0.4, -0.2) is 18.1 Å². The van der Waals surface area contributed by atoms with E-state index >= 15 is 0 Å². The number of hydrogen-bond acceptors (Lipinski definition) is 2. The van der Waals surface area contributed by atoms with E-state index in [2.05, 4.69) is 5.32 Å². The molecule has 0 aliphatic rings. The molecule has 0 saturated carbocycles. The molecule has 0 aromatic heterocycles. The van der Waals surface area contributed by atoms with E-state index in [9.17, 15) is 18.0 Å². The summed E-state index contributed by atoms with van der Waals surface area (Å²) in [5.74, 6) is -1.10. The molecule has 1 atom stereocenters. The van der Waals surface area contributed by atoms with Crippen molar-refractivity contribution in [2.75, 3.05) is 0 Å². The summed E-state index contributed by atoms with van der Waals surface area (Å²) in [4.78, 5) is 10.6. The zero-order chi connectivity index (χ0) is 10.5. The average molecular weight is 194 g/mol. The second-order valence-electron chi connectivity index (χ2n) is 2.62. The second-order valence-corrected chi connectivity index (χ2v) is 2.62. The number of carbonyl (C=O) groups is 1. The first-order chi connectivity index (χ1) is 5.85. The van der Waals surface area contributed by atoms with Gasteiger partial charge in [0, 0.05) is 6.04 Å². The lowest BCUT2D eigenvalue weighted by atomic mass is 10.2. The number of nitrogens with zero attached hydrogens (tertiary/aromatic N) is 1. The van der Waals surface area contributed by atoms with Gasteiger partial charge in [-0.3, -0.25) is 4.79 Å². The molecule has 0 aromatic rings. The molecule has 0 aliphatic heterocycles. The predicted molar refractivity (Wildman–Crippen MR) is 38.5 cm³/mol. The van der Waals surface area contributed by atoms with Crippen LogP contribution in [0.4, 0.5) is 13.2 Å². The van der Waals surface area contributed by atoms with Crippen LogP contribution in [0.1, 0.15) is 19.8 Å². The van der Waals surface area contributed by atoms with Crippen molar-refractivity contribution in [3.05, 3.63) is 0 Å². The first-order valence-corrected chi connectivity index (χ1v) is 3.58. The Balaban J connectivity index is 3.83. The molecule has 0 radical (unpaired) electrons. The zero-order valence-electron chi connectivity index (χ0n) is 6.98. The van der Waals surface area contributed by atoms with E-state index in [1.807, 2.05) is 0 Å². The monoisotopic (exact) mass is 194 g/mol. The van der Waals surface area contributed by atoms with Crippen LogP contribution in [0.25, 0.3) is 0 Å². The van der Waals surface area contributed by atoms with Crippen LogP contribution in [0.5, 0.6) is 0 Å². The molecule has 6 heteroatoms. The minimum Gasteiger partial charge on any atom is -0.352 e. The summed E-state index contributed by atoms with van der Waals surface area (Å²) in [6, 6.07) is 1.20. The Morgan fingerprint density at radius 1 is 1.62 bits per heavy atom. The van der Waals surface area contributed by atoms with Crippen molar-refractivity contribution < 1.29 is 18.0 Å². The summed E-state index contributed by atoms with van der Waals surface area (Å²) in [7, 11) is 0. The topological polar surface area (TPSA) is 52.9 Å². The smallest absolute Gasteiger partial charge is 0.352 e. The van der Waals surface area contributed by atoms with Gasteiger partial charge < -0.3 is 5.32 Å². The van der Waals surface area contributed by atoms with Crippen LogP contribution < -0.4 is 5.32 Å². The Bertz CT molecular complexity index is 219. The lowest BCUT2D eigenvalue weighted by molar-refractivity contribution is -0.154. The third kappa shape index (κ3) is 7.12. The van der Waals surface area contributed by atoms with Crippen LogP contribution >= 0.6 is 0 Å².